The standard InChI is InChI=1S/C27H56NO4P/c1-5-6-7-8-9-10-11-12-13-14-15-16-17-18-19-20-21-22-23-24-25-27(29,33(30,31)32)26-28(2,3)4/h8-9,29H,5-7,10-26H2,1-4H3,(H-,30,31,32)/p+1/b9-8-. The van der Waals surface area contributed by atoms with Crippen LogP contribution in [0.25, 0.3) is 0 Å². The number of rotatable bonds is 23. The van der Waals surface area contributed by atoms with E-state index in [0.29, 0.717) is 10.9 Å². The molecule has 0 bridgehead atoms. The minimum absolute atomic E-state index is 0.0632. The van der Waals surface area contributed by atoms with Crippen molar-refractivity contribution in [1.29, 1.82) is 0 Å². The van der Waals surface area contributed by atoms with Crippen molar-refractivity contribution in [2.24, 2.45) is 0 Å². The Morgan fingerprint density at radius 2 is 1.03 bits per heavy atom. The van der Waals surface area contributed by atoms with Gasteiger partial charge >= 0.3 is 7.60 Å². The van der Waals surface area contributed by atoms with Gasteiger partial charge in [0, 0.05) is 0 Å². The molecule has 0 saturated heterocycles. The molecule has 0 heterocycles. The number of likely N-dealkylation sites (N-methyl/N-ethyl adjacent to an activating group) is 1. The van der Waals surface area contributed by atoms with Crippen molar-refractivity contribution in [3.63, 3.8) is 0 Å². The fourth-order valence-corrected chi connectivity index (χ4v) is 5.48. The summed E-state index contributed by atoms with van der Waals surface area (Å²) < 4.78 is 12.1. The molecule has 0 aliphatic carbocycles. The molecule has 0 rings (SSSR count). The Labute approximate surface area is 205 Å². The van der Waals surface area contributed by atoms with Crippen LogP contribution in [0.3, 0.4) is 0 Å². The predicted molar refractivity (Wildman–Crippen MR) is 142 cm³/mol. The van der Waals surface area contributed by atoms with Gasteiger partial charge in [-0.25, -0.2) is 0 Å². The highest BCUT2D eigenvalue weighted by Crippen LogP contribution is 2.52. The van der Waals surface area contributed by atoms with E-state index in [1.165, 1.54) is 96.3 Å². The van der Waals surface area contributed by atoms with Crippen molar-refractivity contribution in [1.82, 2.24) is 0 Å². The molecule has 0 amide bonds. The Kier molecular flexibility index (Phi) is 18.9. The zero-order valence-corrected chi connectivity index (χ0v) is 23.3. The van der Waals surface area contributed by atoms with Crippen molar-refractivity contribution in [2.45, 2.75) is 134 Å². The van der Waals surface area contributed by atoms with Crippen LogP contribution in [-0.2, 0) is 4.57 Å². The Balaban J connectivity index is 3.52. The summed E-state index contributed by atoms with van der Waals surface area (Å²) in [5.74, 6) is 0. The van der Waals surface area contributed by atoms with E-state index in [1.54, 1.807) is 0 Å². The van der Waals surface area contributed by atoms with Crippen molar-refractivity contribution in [2.75, 3.05) is 27.7 Å². The van der Waals surface area contributed by atoms with Gasteiger partial charge in [-0.05, 0) is 32.1 Å². The van der Waals surface area contributed by atoms with E-state index in [-0.39, 0.29) is 13.0 Å². The van der Waals surface area contributed by atoms with Crippen LogP contribution in [0.15, 0.2) is 12.2 Å². The van der Waals surface area contributed by atoms with E-state index in [9.17, 15) is 19.5 Å². The number of quaternary nitrogens is 1. The normalized spacial score (nSPS) is 14.8. The Morgan fingerprint density at radius 3 is 1.39 bits per heavy atom. The summed E-state index contributed by atoms with van der Waals surface area (Å²) in [5.41, 5.74) is 0. The molecule has 1 unspecified atom stereocenters. The topological polar surface area (TPSA) is 77.8 Å². The maximum atomic E-state index is 11.8. The first-order valence-corrected chi connectivity index (χ1v) is 15.4. The van der Waals surface area contributed by atoms with E-state index in [1.807, 2.05) is 21.1 Å². The van der Waals surface area contributed by atoms with Gasteiger partial charge < -0.3 is 19.4 Å². The maximum Gasteiger partial charge on any atom is 0.362 e. The first-order chi connectivity index (χ1) is 15.5. The highest BCUT2D eigenvalue weighted by atomic mass is 31.2. The molecule has 0 saturated carbocycles. The highest BCUT2D eigenvalue weighted by Gasteiger charge is 2.48. The van der Waals surface area contributed by atoms with Gasteiger partial charge in [-0.15, -0.1) is 0 Å². The van der Waals surface area contributed by atoms with Gasteiger partial charge in [-0.1, -0.05) is 109 Å². The van der Waals surface area contributed by atoms with E-state index in [2.05, 4.69) is 19.1 Å². The second-order valence-corrected chi connectivity index (χ2v) is 13.0. The molecule has 0 spiro atoms. The number of aliphatic hydroxyl groups is 1. The molecule has 0 aliphatic rings. The first-order valence-electron chi connectivity index (χ1n) is 13.8. The molecule has 0 aromatic heterocycles. The summed E-state index contributed by atoms with van der Waals surface area (Å²) in [5, 5.41) is 8.65. The summed E-state index contributed by atoms with van der Waals surface area (Å²) in [6.45, 7) is 2.31. The van der Waals surface area contributed by atoms with Crippen LogP contribution in [0.1, 0.15) is 129 Å². The number of allylic oxidation sites excluding steroid dienone is 2. The third-order valence-corrected chi connectivity index (χ3v) is 7.81. The second kappa shape index (κ2) is 19.1. The van der Waals surface area contributed by atoms with Gasteiger partial charge in [0.25, 0.3) is 0 Å². The Bertz CT molecular complexity index is 527. The van der Waals surface area contributed by atoms with Crippen LogP contribution in [-0.4, -0.2) is 52.4 Å². The average Bonchev–Trinajstić information content (AvgIpc) is 2.70. The molecule has 0 radical (unpaired) electrons. The molecule has 0 aromatic rings. The van der Waals surface area contributed by atoms with E-state index in [0.717, 1.165) is 12.8 Å². The lowest BCUT2D eigenvalue weighted by molar-refractivity contribution is -0.875. The van der Waals surface area contributed by atoms with Crippen molar-refractivity contribution in [3.05, 3.63) is 12.2 Å². The van der Waals surface area contributed by atoms with Crippen LogP contribution in [0.4, 0.5) is 0 Å². The van der Waals surface area contributed by atoms with Gasteiger partial charge in [-0.3, -0.25) is 4.57 Å². The number of hydrogen-bond acceptors (Lipinski definition) is 2. The second-order valence-electron chi connectivity index (χ2n) is 11.1. The van der Waals surface area contributed by atoms with Crippen LogP contribution in [0.5, 0.6) is 0 Å². The molecular formula is C27H57NO4P+. The molecular weight excluding hydrogens is 433 g/mol. The fourth-order valence-electron chi connectivity index (χ4n) is 4.43. The number of unbranched alkanes of at least 4 members (excludes halogenated alkanes) is 16. The summed E-state index contributed by atoms with van der Waals surface area (Å²) >= 11 is 0. The summed E-state index contributed by atoms with van der Waals surface area (Å²) in [6, 6.07) is 0. The minimum atomic E-state index is -4.54. The molecule has 0 aliphatic heterocycles. The largest absolute Gasteiger partial charge is 0.373 e. The van der Waals surface area contributed by atoms with Gasteiger partial charge in [0.15, 0.2) is 0 Å². The van der Waals surface area contributed by atoms with Crippen LogP contribution < -0.4 is 0 Å². The average molecular weight is 491 g/mol. The zero-order chi connectivity index (χ0) is 25.1. The van der Waals surface area contributed by atoms with E-state index in [4.69, 9.17) is 0 Å². The smallest absolute Gasteiger partial charge is 0.362 e. The lowest BCUT2D eigenvalue weighted by atomic mass is 10.0. The van der Waals surface area contributed by atoms with E-state index >= 15 is 0 Å². The van der Waals surface area contributed by atoms with E-state index < -0.39 is 12.9 Å². The predicted octanol–water partition coefficient (Wildman–Crippen LogP) is 7.55. The van der Waals surface area contributed by atoms with Gasteiger partial charge in [0.05, 0.1) is 21.1 Å². The van der Waals surface area contributed by atoms with Gasteiger partial charge in [-0.2, -0.15) is 0 Å². The summed E-state index contributed by atoms with van der Waals surface area (Å²) in [7, 11) is 0.987. The molecule has 0 aromatic carbocycles. The molecule has 6 heteroatoms. The van der Waals surface area contributed by atoms with Crippen LogP contribution in [0.2, 0.25) is 0 Å². The molecule has 1 atom stereocenters. The quantitative estimate of drug-likeness (QED) is 0.0598. The van der Waals surface area contributed by atoms with Gasteiger partial charge in [0.2, 0.25) is 5.34 Å². The lowest BCUT2D eigenvalue weighted by Gasteiger charge is -2.35. The van der Waals surface area contributed by atoms with Gasteiger partial charge in [0.1, 0.15) is 6.54 Å². The molecule has 198 valence electrons. The first kappa shape index (κ1) is 32.8. The Morgan fingerprint density at radius 1 is 0.667 bits per heavy atom. The molecule has 5 nitrogen and oxygen atoms in total. The molecule has 3 N–H and O–H groups in total. The molecule has 0 fully saturated rings. The number of nitrogens with zero attached hydrogens (tertiary/aromatic N) is 1. The zero-order valence-electron chi connectivity index (χ0n) is 22.4. The van der Waals surface area contributed by atoms with Crippen LogP contribution >= 0.6 is 7.60 Å². The fraction of sp³-hybridized carbons (Fsp3) is 0.926. The van der Waals surface area contributed by atoms with Crippen LogP contribution in [0, 0.1) is 0 Å². The third kappa shape index (κ3) is 19.8. The SMILES string of the molecule is CCCC/C=C\CCCCCCCCCCCCCCCCC(O)(C[N+](C)(C)C)P(=O)(O)O. The lowest BCUT2D eigenvalue weighted by Crippen LogP contribution is -2.49. The maximum absolute atomic E-state index is 11.8. The number of hydrogen-bond donors (Lipinski definition) is 3. The third-order valence-electron chi connectivity index (χ3n) is 6.36. The minimum Gasteiger partial charge on any atom is -0.373 e. The van der Waals surface area contributed by atoms with Crippen molar-refractivity contribution >= 4 is 7.60 Å². The highest BCUT2D eigenvalue weighted by molar-refractivity contribution is 7.53. The summed E-state index contributed by atoms with van der Waals surface area (Å²) in [6.07, 6.45) is 27.3. The summed E-state index contributed by atoms with van der Waals surface area (Å²) in [4.78, 5) is 19.2. The van der Waals surface area contributed by atoms with Crippen molar-refractivity contribution < 1.29 is 23.9 Å². The Hall–Kier alpha value is -0.190. The van der Waals surface area contributed by atoms with Crippen molar-refractivity contribution in [3.8, 4) is 0 Å². The molecule has 33 heavy (non-hydrogen) atoms. The monoisotopic (exact) mass is 490 g/mol.